The highest BCUT2D eigenvalue weighted by molar-refractivity contribution is 7.67. The summed E-state index contributed by atoms with van der Waals surface area (Å²) in [6.07, 6.45) is -5.10. The Morgan fingerprint density at radius 2 is 1.84 bits per heavy atom. The molecule has 3 rings (SSSR count). The second kappa shape index (κ2) is 10.9. The summed E-state index contributed by atoms with van der Waals surface area (Å²) in [7, 11) is -11.9. The Labute approximate surface area is 206 Å². The maximum Gasteiger partial charge on any atom is 0.492 e. The molecule has 19 nitrogen and oxygen atoms in total. The third-order valence-electron chi connectivity index (χ3n) is 4.92. The van der Waals surface area contributed by atoms with Crippen LogP contribution in [0.5, 0.6) is 0 Å². The van der Waals surface area contributed by atoms with Gasteiger partial charge in [0.15, 0.2) is 23.6 Å². The van der Waals surface area contributed by atoms with Gasteiger partial charge in [-0.15, -0.1) is 0 Å². The Morgan fingerprint density at radius 3 is 2.41 bits per heavy atom. The lowest BCUT2D eigenvalue weighted by Crippen LogP contribution is -2.47. The molecule has 2 aromatic heterocycles. The van der Waals surface area contributed by atoms with E-state index in [4.69, 9.17) is 19.7 Å². The molecule has 3 heterocycles. The number of ether oxygens (including phenoxy) is 2. The molecule has 3 unspecified atom stereocenters. The number of halogens is 1. The zero-order valence-electron chi connectivity index (χ0n) is 19.4. The number of nitrogens with two attached hydrogens (primary N) is 1. The number of phosphoric acid groups is 3. The first kappa shape index (κ1) is 29.9. The van der Waals surface area contributed by atoms with E-state index in [2.05, 4.69) is 37.1 Å². The molecular weight excluding hydrogens is 574 g/mol. The average molecular weight is 597 g/mol. The lowest BCUT2D eigenvalue weighted by atomic mass is 10.1. The number of methoxy groups -OCH3 is 1. The monoisotopic (exact) mass is 597 g/mol. The lowest BCUT2D eigenvalue weighted by molar-refractivity contribution is -0.267. The number of nitrogen functional groups attached to an aromatic ring is 1. The topological polar surface area (TPSA) is 255 Å². The number of hydrogen-bond acceptors (Lipinski definition) is 16. The summed E-state index contributed by atoms with van der Waals surface area (Å²) >= 11 is 0. The van der Waals surface area contributed by atoms with Crippen molar-refractivity contribution in [1.82, 2.24) is 19.5 Å². The van der Waals surface area contributed by atoms with Gasteiger partial charge in [-0.1, -0.05) is 0 Å². The van der Waals surface area contributed by atoms with E-state index in [1.165, 1.54) is 0 Å². The second-order valence-electron chi connectivity index (χ2n) is 7.04. The number of aliphatic hydroxyl groups is 1. The largest absolute Gasteiger partial charge is 0.492 e. The molecule has 0 spiro atoms. The fourth-order valence-corrected chi connectivity index (χ4v) is 7.14. The van der Waals surface area contributed by atoms with Crippen molar-refractivity contribution in [3.8, 4) is 0 Å². The number of phosphoric ester groups is 2. The number of hydrogen-bond donors (Lipinski definition) is 4. The minimum Gasteiger partial charge on any atom is -0.384 e. The molecule has 37 heavy (non-hydrogen) atoms. The molecule has 1 aliphatic heterocycles. The SMILES string of the molecule is CO[C@]1(COP(=O)(OC)OP(=O)(OC)OP(=O)(O)OC)O[C@@H](n2cnc3c(=O)[nH]c(N)nc32)[C@H](F)[C@@H]1O. The Balaban J connectivity index is 1.87. The van der Waals surface area contributed by atoms with Crippen LogP contribution < -0.4 is 11.3 Å². The zero-order chi connectivity index (χ0) is 27.8. The first-order valence-corrected chi connectivity index (χ1v) is 14.1. The highest BCUT2D eigenvalue weighted by Crippen LogP contribution is 2.71. The molecule has 23 heteroatoms. The zero-order valence-corrected chi connectivity index (χ0v) is 22.1. The van der Waals surface area contributed by atoms with E-state index >= 15 is 4.39 Å². The van der Waals surface area contributed by atoms with Gasteiger partial charge in [0.25, 0.3) is 5.56 Å². The van der Waals surface area contributed by atoms with Gasteiger partial charge in [-0.2, -0.15) is 13.6 Å². The molecule has 1 fully saturated rings. The second-order valence-corrected chi connectivity index (χ2v) is 12.4. The van der Waals surface area contributed by atoms with Gasteiger partial charge >= 0.3 is 23.5 Å². The van der Waals surface area contributed by atoms with E-state index in [1.54, 1.807) is 0 Å². The number of aliphatic hydroxyl groups excluding tert-OH is 1. The number of nitrogens with zero attached hydrogens (tertiary/aromatic N) is 3. The highest BCUT2D eigenvalue weighted by Gasteiger charge is 2.59. The number of nitrogens with one attached hydrogen (secondary N) is 1. The van der Waals surface area contributed by atoms with Gasteiger partial charge in [-0.3, -0.25) is 32.4 Å². The van der Waals surface area contributed by atoms with Crippen molar-refractivity contribution in [3.05, 3.63) is 16.7 Å². The first-order chi connectivity index (χ1) is 17.2. The molecule has 0 amide bonds. The summed E-state index contributed by atoms with van der Waals surface area (Å²) in [5, 5.41) is 10.6. The quantitative estimate of drug-likeness (QED) is 0.244. The lowest BCUT2D eigenvalue weighted by Gasteiger charge is -2.31. The van der Waals surface area contributed by atoms with Crippen molar-refractivity contribution in [2.75, 3.05) is 40.8 Å². The van der Waals surface area contributed by atoms with Crippen molar-refractivity contribution in [1.29, 1.82) is 0 Å². The maximum atomic E-state index is 15.2. The molecule has 0 bridgehead atoms. The molecule has 1 saturated heterocycles. The van der Waals surface area contributed by atoms with Crippen LogP contribution in [0.2, 0.25) is 0 Å². The predicted molar refractivity (Wildman–Crippen MR) is 118 cm³/mol. The van der Waals surface area contributed by atoms with Gasteiger partial charge in [0.2, 0.25) is 11.7 Å². The Morgan fingerprint density at radius 1 is 1.19 bits per heavy atom. The molecule has 0 aromatic carbocycles. The van der Waals surface area contributed by atoms with Gasteiger partial charge in [0.05, 0.1) is 6.33 Å². The van der Waals surface area contributed by atoms with Crippen LogP contribution in [0, 0.1) is 0 Å². The van der Waals surface area contributed by atoms with Crippen molar-refractivity contribution in [3.63, 3.8) is 0 Å². The third kappa shape index (κ3) is 6.02. The first-order valence-electron chi connectivity index (χ1n) is 9.72. The summed E-state index contributed by atoms with van der Waals surface area (Å²) in [5.74, 6) is -2.71. The van der Waals surface area contributed by atoms with Crippen molar-refractivity contribution in [2.24, 2.45) is 0 Å². The summed E-state index contributed by atoms with van der Waals surface area (Å²) in [6, 6.07) is 0. The number of alkyl halides is 1. The highest BCUT2D eigenvalue weighted by atomic mass is 31.3. The Bertz CT molecular complexity index is 1340. The van der Waals surface area contributed by atoms with Crippen LogP contribution in [0.4, 0.5) is 10.3 Å². The van der Waals surface area contributed by atoms with Crippen LogP contribution in [0.1, 0.15) is 6.23 Å². The summed E-state index contributed by atoms with van der Waals surface area (Å²) in [5.41, 5.74) is 4.41. The molecular formula is C14H23FN5O14P3. The Hall–Kier alpha value is -1.63. The van der Waals surface area contributed by atoms with E-state index in [0.717, 1.165) is 39.3 Å². The fraction of sp³-hybridized carbons (Fsp3) is 0.643. The van der Waals surface area contributed by atoms with Gasteiger partial charge in [0.1, 0.15) is 12.7 Å². The molecule has 2 aromatic rings. The van der Waals surface area contributed by atoms with Gasteiger partial charge in [-0.25, -0.2) is 23.1 Å². The van der Waals surface area contributed by atoms with Gasteiger partial charge < -0.3 is 25.2 Å². The van der Waals surface area contributed by atoms with E-state index < -0.39 is 59.9 Å². The summed E-state index contributed by atoms with van der Waals surface area (Å²) in [4.78, 5) is 31.3. The molecule has 0 saturated carbocycles. The molecule has 210 valence electrons. The van der Waals surface area contributed by atoms with Crippen molar-refractivity contribution in [2.45, 2.75) is 24.3 Å². The minimum absolute atomic E-state index is 0.190. The normalized spacial score (nSPS) is 29.1. The molecule has 0 aliphatic carbocycles. The van der Waals surface area contributed by atoms with Crippen LogP contribution in [-0.2, 0) is 49.9 Å². The number of aromatic nitrogens is 4. The smallest absolute Gasteiger partial charge is 0.384 e. The minimum atomic E-state index is -5.12. The molecule has 0 radical (unpaired) electrons. The number of imidazole rings is 1. The number of aromatic amines is 1. The Kier molecular flexibility index (Phi) is 8.78. The van der Waals surface area contributed by atoms with Crippen LogP contribution in [-0.4, -0.2) is 82.6 Å². The summed E-state index contributed by atoms with van der Waals surface area (Å²) in [6.45, 7) is -1.10. The van der Waals surface area contributed by atoms with E-state index in [1.807, 2.05) is 0 Å². The van der Waals surface area contributed by atoms with E-state index in [0.29, 0.717) is 0 Å². The number of fused-ring (bicyclic) bond motifs is 1. The number of H-pyrrole nitrogens is 1. The van der Waals surface area contributed by atoms with Crippen LogP contribution in [0.3, 0.4) is 0 Å². The van der Waals surface area contributed by atoms with Gasteiger partial charge in [-0.05, 0) is 0 Å². The van der Waals surface area contributed by atoms with E-state index in [-0.39, 0.29) is 17.1 Å². The molecule has 1 aliphatic rings. The van der Waals surface area contributed by atoms with Crippen LogP contribution >= 0.6 is 23.5 Å². The van der Waals surface area contributed by atoms with Gasteiger partial charge in [0, 0.05) is 28.4 Å². The third-order valence-corrected chi connectivity index (χ3v) is 9.95. The molecule has 7 atom stereocenters. The number of rotatable bonds is 12. The molecule has 5 N–H and O–H groups in total. The van der Waals surface area contributed by atoms with E-state index in [9.17, 15) is 28.5 Å². The maximum absolute atomic E-state index is 15.2. The van der Waals surface area contributed by atoms with Crippen molar-refractivity contribution < 1.29 is 64.3 Å². The van der Waals surface area contributed by atoms with Crippen LogP contribution in [0.25, 0.3) is 11.2 Å². The predicted octanol–water partition coefficient (Wildman–Crippen LogP) is 0.578. The average Bonchev–Trinajstić information content (AvgIpc) is 3.37. The van der Waals surface area contributed by atoms with Crippen LogP contribution in [0.15, 0.2) is 11.1 Å². The fourth-order valence-electron chi connectivity index (χ4n) is 3.07. The summed E-state index contributed by atoms with van der Waals surface area (Å²) < 4.78 is 90.8. The standard InChI is InChI=1S/C14H23FN5O14P3/c1-27-14(5-31-36(25,29-3)34-37(26,30-4)33-35(23,24)28-2)9(21)7(15)12(32-14)20-6-17-8-10(20)18-13(16)19-11(8)22/h6-7,9,12,21H,5H2,1-4H3,(H,23,24)(H3,16,18,19,22)/t7-,9+,12-,14-,36?,37?/m1/s1. The number of anilines is 1. The van der Waals surface area contributed by atoms with Crippen molar-refractivity contribution >= 4 is 40.6 Å².